The maximum absolute atomic E-state index is 13.2. The minimum Gasteiger partial charge on any atom is -0.361 e. The second-order valence-electron chi connectivity index (χ2n) is 7.40. The van der Waals surface area contributed by atoms with E-state index in [0.29, 0.717) is 26.8 Å². The van der Waals surface area contributed by atoms with E-state index in [-0.39, 0.29) is 17.2 Å². The summed E-state index contributed by atoms with van der Waals surface area (Å²) in [6.07, 6.45) is 3.43. The van der Waals surface area contributed by atoms with E-state index in [0.717, 1.165) is 28.2 Å². The van der Waals surface area contributed by atoms with Gasteiger partial charge < -0.3 is 4.98 Å². The van der Waals surface area contributed by atoms with E-state index in [4.69, 9.17) is 11.6 Å². The zero-order chi connectivity index (χ0) is 23.5. The lowest BCUT2D eigenvalue weighted by Crippen LogP contribution is -2.24. The monoisotopic (exact) mass is 487 g/mol. The summed E-state index contributed by atoms with van der Waals surface area (Å²) in [5.41, 5.74) is 5.37. The maximum Gasteiger partial charge on any atom is 0.266 e. The van der Waals surface area contributed by atoms with Crippen molar-refractivity contribution >= 4 is 57.3 Å². The molecule has 0 bridgehead atoms. The van der Waals surface area contributed by atoms with Gasteiger partial charge in [0.1, 0.15) is 0 Å². The van der Waals surface area contributed by atoms with Crippen LogP contribution >= 0.6 is 23.4 Å². The van der Waals surface area contributed by atoms with Gasteiger partial charge in [-0.05, 0) is 42.5 Å². The Morgan fingerprint density at radius 1 is 1.06 bits per heavy atom. The number of H-pyrrole nitrogens is 1. The van der Waals surface area contributed by atoms with Gasteiger partial charge in [-0.25, -0.2) is 10.4 Å². The van der Waals surface area contributed by atoms with Crippen molar-refractivity contribution in [1.82, 2.24) is 20.0 Å². The Balaban J connectivity index is 1.36. The SMILES string of the molecule is O=C(CSc1nc2ccccc2c(=O)n1-c1ccc(Cl)cc1)N/N=C\c1c[nH]c2ccccc12. The van der Waals surface area contributed by atoms with Crippen LogP contribution in [-0.4, -0.2) is 32.4 Å². The smallest absolute Gasteiger partial charge is 0.266 e. The molecule has 0 radical (unpaired) electrons. The Kier molecular flexibility index (Phi) is 6.16. The molecule has 9 heteroatoms. The van der Waals surface area contributed by atoms with E-state index in [1.807, 2.05) is 36.5 Å². The number of para-hydroxylation sites is 2. The summed E-state index contributed by atoms with van der Waals surface area (Å²) >= 11 is 7.18. The lowest BCUT2D eigenvalue weighted by Gasteiger charge is -2.13. The number of rotatable bonds is 6. The number of amides is 1. The number of aromatic nitrogens is 3. The van der Waals surface area contributed by atoms with Crippen LogP contribution in [0.2, 0.25) is 5.02 Å². The van der Waals surface area contributed by atoms with E-state index in [1.54, 1.807) is 48.7 Å². The second-order valence-corrected chi connectivity index (χ2v) is 8.78. The molecule has 3 aromatic carbocycles. The third-order valence-corrected chi connectivity index (χ3v) is 6.37. The first-order valence-corrected chi connectivity index (χ1v) is 11.7. The number of benzene rings is 3. The molecule has 0 fully saturated rings. The number of halogens is 1. The van der Waals surface area contributed by atoms with Crippen molar-refractivity contribution in [1.29, 1.82) is 0 Å². The normalized spacial score (nSPS) is 11.4. The van der Waals surface area contributed by atoms with Crippen molar-refractivity contribution in [3.63, 3.8) is 0 Å². The summed E-state index contributed by atoms with van der Waals surface area (Å²) in [6, 6.07) is 21.9. The third kappa shape index (κ3) is 4.46. The van der Waals surface area contributed by atoms with E-state index >= 15 is 0 Å². The highest BCUT2D eigenvalue weighted by Gasteiger charge is 2.14. The molecule has 1 amide bonds. The molecule has 0 spiro atoms. The zero-order valence-electron chi connectivity index (χ0n) is 17.7. The predicted octanol–water partition coefficient (Wildman–Crippen LogP) is 4.76. The van der Waals surface area contributed by atoms with Crippen LogP contribution < -0.4 is 11.0 Å². The third-order valence-electron chi connectivity index (χ3n) is 5.18. The Morgan fingerprint density at radius 3 is 2.62 bits per heavy atom. The zero-order valence-corrected chi connectivity index (χ0v) is 19.3. The van der Waals surface area contributed by atoms with Crippen molar-refractivity contribution in [2.24, 2.45) is 5.10 Å². The maximum atomic E-state index is 13.2. The lowest BCUT2D eigenvalue weighted by molar-refractivity contribution is -0.118. The summed E-state index contributed by atoms with van der Waals surface area (Å²) in [7, 11) is 0. The summed E-state index contributed by atoms with van der Waals surface area (Å²) in [6.45, 7) is 0. The quantitative estimate of drug-likeness (QED) is 0.156. The highest BCUT2D eigenvalue weighted by Crippen LogP contribution is 2.22. The van der Waals surface area contributed by atoms with Gasteiger partial charge in [-0.1, -0.05) is 53.7 Å². The van der Waals surface area contributed by atoms with Crippen molar-refractivity contribution in [3.05, 3.63) is 99.9 Å². The van der Waals surface area contributed by atoms with Crippen molar-refractivity contribution in [2.75, 3.05) is 5.75 Å². The first-order valence-electron chi connectivity index (χ1n) is 10.4. The van der Waals surface area contributed by atoms with Gasteiger partial charge in [-0.2, -0.15) is 5.10 Å². The number of carbonyl (C=O) groups is 1. The fourth-order valence-electron chi connectivity index (χ4n) is 3.56. The molecule has 0 saturated carbocycles. The molecule has 2 N–H and O–H groups in total. The van der Waals surface area contributed by atoms with E-state index in [1.165, 1.54) is 4.57 Å². The highest BCUT2D eigenvalue weighted by atomic mass is 35.5. The molecular weight excluding hydrogens is 470 g/mol. The van der Waals surface area contributed by atoms with E-state index < -0.39 is 0 Å². The average Bonchev–Trinajstić information content (AvgIpc) is 3.27. The Morgan fingerprint density at radius 2 is 1.79 bits per heavy atom. The molecule has 0 saturated heterocycles. The largest absolute Gasteiger partial charge is 0.361 e. The number of nitrogens with one attached hydrogen (secondary N) is 2. The number of aromatic amines is 1. The van der Waals surface area contributed by atoms with Gasteiger partial charge in [-0.15, -0.1) is 0 Å². The number of carbonyl (C=O) groups excluding carboxylic acids is 1. The van der Waals surface area contributed by atoms with Crippen LogP contribution in [-0.2, 0) is 4.79 Å². The standard InChI is InChI=1S/C25H18ClN5O2S/c26-17-9-11-18(12-10-17)31-24(33)20-6-2-4-8-22(20)29-25(31)34-15-23(32)30-28-14-16-13-27-21-7-3-1-5-19(16)21/h1-14,27H,15H2,(H,30,32)/b28-14-. The van der Waals surface area contributed by atoms with Crippen molar-refractivity contribution in [2.45, 2.75) is 5.16 Å². The first kappa shape index (κ1) is 21.9. The fourth-order valence-corrected chi connectivity index (χ4v) is 4.50. The molecule has 2 heterocycles. The van der Waals surface area contributed by atoms with Gasteiger partial charge in [0, 0.05) is 27.7 Å². The number of thioether (sulfide) groups is 1. The fraction of sp³-hybridized carbons (Fsp3) is 0.0400. The second kappa shape index (κ2) is 9.54. The number of hydrogen-bond acceptors (Lipinski definition) is 5. The van der Waals surface area contributed by atoms with Crippen LogP contribution in [0, 0.1) is 0 Å². The molecule has 7 nitrogen and oxygen atoms in total. The predicted molar refractivity (Wildman–Crippen MR) is 137 cm³/mol. The first-order chi connectivity index (χ1) is 16.6. The van der Waals surface area contributed by atoms with Crippen molar-refractivity contribution in [3.8, 4) is 5.69 Å². The van der Waals surface area contributed by atoms with Gasteiger partial charge >= 0.3 is 0 Å². The minimum absolute atomic E-state index is 0.0313. The Labute approximate surface area is 203 Å². The summed E-state index contributed by atoms with van der Waals surface area (Å²) in [4.78, 5) is 33.5. The molecule has 0 aliphatic heterocycles. The van der Waals surface area contributed by atoms with Crippen LogP contribution in [0.5, 0.6) is 0 Å². The molecule has 168 valence electrons. The number of hydrazone groups is 1. The molecule has 5 rings (SSSR count). The number of nitrogens with zero attached hydrogens (tertiary/aromatic N) is 3. The Bertz CT molecular complexity index is 1590. The van der Waals surface area contributed by atoms with Gasteiger partial charge in [-0.3, -0.25) is 14.2 Å². The summed E-state index contributed by atoms with van der Waals surface area (Å²) in [5, 5.41) is 6.55. The van der Waals surface area contributed by atoms with E-state index in [2.05, 4.69) is 20.5 Å². The van der Waals surface area contributed by atoms with Crippen LogP contribution in [0.4, 0.5) is 0 Å². The highest BCUT2D eigenvalue weighted by molar-refractivity contribution is 7.99. The number of fused-ring (bicyclic) bond motifs is 2. The molecule has 34 heavy (non-hydrogen) atoms. The Hall–Kier alpha value is -3.88. The van der Waals surface area contributed by atoms with Crippen molar-refractivity contribution < 1.29 is 4.79 Å². The molecule has 0 unspecified atom stereocenters. The molecule has 0 atom stereocenters. The molecule has 2 aromatic heterocycles. The summed E-state index contributed by atoms with van der Waals surface area (Å²) < 4.78 is 1.49. The van der Waals surface area contributed by atoms with Gasteiger partial charge in [0.25, 0.3) is 11.5 Å². The molecule has 0 aliphatic rings. The molecule has 5 aromatic rings. The van der Waals surface area contributed by atoms with Crippen LogP contribution in [0.25, 0.3) is 27.5 Å². The van der Waals surface area contributed by atoms with Crippen LogP contribution in [0.15, 0.2) is 94.0 Å². The molecular formula is C25H18ClN5O2S. The lowest BCUT2D eigenvalue weighted by atomic mass is 10.2. The van der Waals surface area contributed by atoms with E-state index in [9.17, 15) is 9.59 Å². The summed E-state index contributed by atoms with van der Waals surface area (Å²) in [5.74, 6) is -0.282. The minimum atomic E-state index is -0.314. The molecule has 0 aliphatic carbocycles. The van der Waals surface area contributed by atoms with Gasteiger partial charge in [0.05, 0.1) is 28.6 Å². The van der Waals surface area contributed by atoms with Gasteiger partial charge in [0.15, 0.2) is 5.16 Å². The topological polar surface area (TPSA) is 92.1 Å². The van der Waals surface area contributed by atoms with Crippen LogP contribution in [0.1, 0.15) is 5.56 Å². The van der Waals surface area contributed by atoms with Crippen LogP contribution in [0.3, 0.4) is 0 Å². The number of hydrogen-bond donors (Lipinski definition) is 2. The average molecular weight is 488 g/mol. The van der Waals surface area contributed by atoms with Gasteiger partial charge in [0.2, 0.25) is 0 Å².